The number of nitrogens with one attached hydrogen (secondary N) is 1. The van der Waals surface area contributed by atoms with Crippen molar-refractivity contribution in [2.24, 2.45) is 0 Å². The maximum Gasteiger partial charge on any atom is 0.150 e. The van der Waals surface area contributed by atoms with E-state index in [2.05, 4.69) is 9.97 Å². The van der Waals surface area contributed by atoms with Crippen molar-refractivity contribution < 1.29 is 9.53 Å². The van der Waals surface area contributed by atoms with Crippen LogP contribution in [0.15, 0.2) is 36.4 Å². The summed E-state index contributed by atoms with van der Waals surface area (Å²) in [6.45, 7) is 3.91. The molecule has 0 saturated heterocycles. The highest BCUT2D eigenvalue weighted by Gasteiger charge is 2.09. The number of ether oxygens (including phenoxy) is 1. The smallest absolute Gasteiger partial charge is 0.150 e. The summed E-state index contributed by atoms with van der Waals surface area (Å²) < 4.78 is 5.63. The third-order valence-electron chi connectivity index (χ3n) is 3.29. The highest BCUT2D eigenvalue weighted by molar-refractivity contribution is 5.86. The maximum atomic E-state index is 10.8. The largest absolute Gasteiger partial charge is 0.489 e. The Hall–Kier alpha value is -2.82. The fourth-order valence-corrected chi connectivity index (χ4v) is 2.29. The van der Waals surface area contributed by atoms with E-state index in [1.807, 2.05) is 38.1 Å². The molecule has 0 spiro atoms. The Morgan fingerprint density at radius 1 is 1.23 bits per heavy atom. The number of H-pyrrole nitrogens is 1. The molecule has 0 bridgehead atoms. The Morgan fingerprint density at radius 3 is 2.73 bits per heavy atom. The van der Waals surface area contributed by atoms with Gasteiger partial charge in [0.1, 0.15) is 17.9 Å². The van der Waals surface area contributed by atoms with Crippen LogP contribution in [0.3, 0.4) is 0 Å². The van der Waals surface area contributed by atoms with E-state index in [0.29, 0.717) is 22.8 Å². The van der Waals surface area contributed by atoms with Crippen molar-refractivity contribution in [1.82, 2.24) is 9.97 Å². The first kappa shape index (κ1) is 14.1. The average Bonchev–Trinajstić information content (AvgIpc) is 2.91. The van der Waals surface area contributed by atoms with Crippen LogP contribution in [0.1, 0.15) is 24.2 Å². The van der Waals surface area contributed by atoms with E-state index < -0.39 is 0 Å². The van der Waals surface area contributed by atoms with Crippen LogP contribution in [0.2, 0.25) is 0 Å². The highest BCUT2D eigenvalue weighted by atomic mass is 16.5. The minimum Gasteiger partial charge on any atom is -0.489 e. The molecule has 0 saturated carbocycles. The summed E-state index contributed by atoms with van der Waals surface area (Å²) in [5.74, 6) is 1.37. The number of carbonyl (C=O) groups is 1. The SMILES string of the molecule is CC(C)Oc1ccc(-c2nc3ccc(C=O)cc3[nH]2)cc1N. The van der Waals surface area contributed by atoms with E-state index >= 15 is 0 Å². The summed E-state index contributed by atoms with van der Waals surface area (Å²) in [4.78, 5) is 18.6. The van der Waals surface area contributed by atoms with E-state index in [4.69, 9.17) is 10.5 Å². The quantitative estimate of drug-likeness (QED) is 0.571. The van der Waals surface area contributed by atoms with Gasteiger partial charge >= 0.3 is 0 Å². The number of nitrogens with zero attached hydrogens (tertiary/aromatic N) is 1. The molecule has 3 aromatic rings. The van der Waals surface area contributed by atoms with Crippen LogP contribution in [0, 0.1) is 0 Å². The number of imidazole rings is 1. The molecule has 5 nitrogen and oxygen atoms in total. The number of aldehydes is 1. The second-order valence-electron chi connectivity index (χ2n) is 5.40. The Morgan fingerprint density at radius 2 is 2.05 bits per heavy atom. The normalized spacial score (nSPS) is 11.0. The molecule has 0 fully saturated rings. The van der Waals surface area contributed by atoms with Crippen molar-refractivity contribution in [3.8, 4) is 17.1 Å². The van der Waals surface area contributed by atoms with Gasteiger partial charge in [0.05, 0.1) is 22.8 Å². The van der Waals surface area contributed by atoms with E-state index in [1.165, 1.54) is 0 Å². The molecular weight excluding hydrogens is 278 g/mol. The van der Waals surface area contributed by atoms with Crippen LogP contribution >= 0.6 is 0 Å². The number of nitrogens with two attached hydrogens (primary N) is 1. The van der Waals surface area contributed by atoms with Gasteiger partial charge in [-0.15, -0.1) is 0 Å². The number of fused-ring (bicyclic) bond motifs is 1. The Balaban J connectivity index is 2.00. The number of anilines is 1. The van der Waals surface area contributed by atoms with E-state index in [0.717, 1.165) is 22.9 Å². The predicted molar refractivity (Wildman–Crippen MR) is 87.1 cm³/mol. The number of hydrogen-bond acceptors (Lipinski definition) is 4. The van der Waals surface area contributed by atoms with Gasteiger partial charge in [0, 0.05) is 11.1 Å². The summed E-state index contributed by atoms with van der Waals surface area (Å²) in [6, 6.07) is 10.9. The number of hydrogen-bond donors (Lipinski definition) is 2. The lowest BCUT2D eigenvalue weighted by Gasteiger charge is -2.12. The molecule has 3 N–H and O–H groups in total. The van der Waals surface area contributed by atoms with Crippen LogP contribution in [0.25, 0.3) is 22.4 Å². The lowest BCUT2D eigenvalue weighted by Crippen LogP contribution is -2.07. The third kappa shape index (κ3) is 2.65. The fourth-order valence-electron chi connectivity index (χ4n) is 2.29. The zero-order chi connectivity index (χ0) is 15.7. The van der Waals surface area contributed by atoms with Crippen LogP contribution in [-0.4, -0.2) is 22.4 Å². The Labute approximate surface area is 128 Å². The van der Waals surface area contributed by atoms with E-state index in [9.17, 15) is 4.79 Å². The molecule has 0 atom stereocenters. The first-order chi connectivity index (χ1) is 10.6. The van der Waals surface area contributed by atoms with Gasteiger partial charge in [-0.05, 0) is 50.2 Å². The van der Waals surface area contributed by atoms with Crippen LogP contribution in [-0.2, 0) is 0 Å². The van der Waals surface area contributed by atoms with Crippen molar-refractivity contribution in [1.29, 1.82) is 0 Å². The van der Waals surface area contributed by atoms with Crippen molar-refractivity contribution >= 4 is 23.0 Å². The summed E-state index contributed by atoms with van der Waals surface area (Å²) in [5.41, 5.74) is 9.72. The standard InChI is InChI=1S/C17H17N3O2/c1-10(2)22-16-6-4-12(8-13(16)18)17-19-14-5-3-11(9-21)7-15(14)20-17/h3-10H,18H2,1-2H3,(H,19,20). The minimum atomic E-state index is 0.0705. The van der Waals surface area contributed by atoms with Crippen molar-refractivity contribution in [3.05, 3.63) is 42.0 Å². The fraction of sp³-hybridized carbons (Fsp3) is 0.176. The van der Waals surface area contributed by atoms with Gasteiger partial charge in [-0.2, -0.15) is 0 Å². The van der Waals surface area contributed by atoms with Crippen molar-refractivity contribution in [2.45, 2.75) is 20.0 Å². The molecule has 0 aliphatic rings. The van der Waals surface area contributed by atoms with Crippen LogP contribution < -0.4 is 10.5 Å². The summed E-state index contributed by atoms with van der Waals surface area (Å²) in [7, 11) is 0. The van der Waals surface area contributed by atoms with Gasteiger partial charge in [-0.1, -0.05) is 0 Å². The second-order valence-corrected chi connectivity index (χ2v) is 5.40. The van der Waals surface area contributed by atoms with Gasteiger partial charge in [-0.25, -0.2) is 4.98 Å². The molecule has 1 aromatic heterocycles. The van der Waals surface area contributed by atoms with Gasteiger partial charge in [0.25, 0.3) is 0 Å². The summed E-state index contributed by atoms with van der Waals surface area (Å²) in [6.07, 6.45) is 0.886. The molecule has 0 aliphatic carbocycles. The monoisotopic (exact) mass is 295 g/mol. The van der Waals surface area contributed by atoms with Gasteiger partial charge in [0.2, 0.25) is 0 Å². The average molecular weight is 295 g/mol. The molecule has 0 radical (unpaired) electrons. The maximum absolute atomic E-state index is 10.8. The summed E-state index contributed by atoms with van der Waals surface area (Å²) >= 11 is 0. The molecule has 0 amide bonds. The molecule has 1 heterocycles. The Kier molecular flexibility index (Phi) is 3.55. The van der Waals surface area contributed by atoms with Crippen LogP contribution in [0.5, 0.6) is 5.75 Å². The Bertz CT molecular complexity index is 837. The van der Waals surface area contributed by atoms with Crippen LogP contribution in [0.4, 0.5) is 5.69 Å². The lowest BCUT2D eigenvalue weighted by atomic mass is 10.2. The van der Waals surface area contributed by atoms with Crippen molar-refractivity contribution in [3.63, 3.8) is 0 Å². The molecular formula is C17H17N3O2. The number of nitrogen functional groups attached to an aromatic ring is 1. The zero-order valence-corrected chi connectivity index (χ0v) is 12.5. The van der Waals surface area contributed by atoms with Gasteiger partial charge in [0.15, 0.2) is 0 Å². The van der Waals surface area contributed by atoms with Crippen molar-refractivity contribution in [2.75, 3.05) is 5.73 Å². The first-order valence-corrected chi connectivity index (χ1v) is 7.08. The second kappa shape index (κ2) is 5.52. The third-order valence-corrected chi connectivity index (χ3v) is 3.29. The van der Waals surface area contributed by atoms with Gasteiger partial charge in [-0.3, -0.25) is 4.79 Å². The summed E-state index contributed by atoms with van der Waals surface area (Å²) in [5, 5.41) is 0. The van der Waals surface area contributed by atoms with E-state index in [-0.39, 0.29) is 6.10 Å². The molecule has 0 aliphatic heterocycles. The minimum absolute atomic E-state index is 0.0705. The number of carbonyl (C=O) groups excluding carboxylic acids is 1. The molecule has 2 aromatic carbocycles. The topological polar surface area (TPSA) is 81.0 Å². The molecule has 0 unspecified atom stereocenters. The highest BCUT2D eigenvalue weighted by Crippen LogP contribution is 2.29. The van der Waals surface area contributed by atoms with Gasteiger partial charge < -0.3 is 15.5 Å². The molecule has 5 heteroatoms. The number of rotatable bonds is 4. The molecule has 112 valence electrons. The molecule has 22 heavy (non-hydrogen) atoms. The number of aromatic nitrogens is 2. The number of benzene rings is 2. The molecule has 3 rings (SSSR count). The first-order valence-electron chi connectivity index (χ1n) is 7.08. The predicted octanol–water partition coefficient (Wildman–Crippen LogP) is 3.41. The van der Waals surface area contributed by atoms with E-state index in [1.54, 1.807) is 12.1 Å². The number of aromatic amines is 1. The lowest BCUT2D eigenvalue weighted by molar-refractivity contribution is 0.112. The zero-order valence-electron chi connectivity index (χ0n) is 12.5.